The van der Waals surface area contributed by atoms with Crippen LogP contribution in [-0.2, 0) is 22.0 Å². The second kappa shape index (κ2) is 3.34. The molecule has 0 radical (unpaired) electrons. The van der Waals surface area contributed by atoms with Gasteiger partial charge in [0, 0.05) is 24.4 Å². The molecule has 1 aromatic rings. The number of methoxy groups -OCH3 is 1. The molecule has 1 heterocycles. The molecule has 2 rings (SSSR count). The molecule has 0 amide bonds. The molecular formula is C10H14N2O3. The van der Waals surface area contributed by atoms with Gasteiger partial charge in [0.1, 0.15) is 0 Å². The fourth-order valence-corrected chi connectivity index (χ4v) is 2.00. The average molecular weight is 210 g/mol. The van der Waals surface area contributed by atoms with E-state index in [0.717, 1.165) is 18.5 Å². The summed E-state index contributed by atoms with van der Waals surface area (Å²) >= 11 is 0. The van der Waals surface area contributed by atoms with Crippen LogP contribution < -0.4 is 0 Å². The summed E-state index contributed by atoms with van der Waals surface area (Å²) < 4.78 is 6.25. The van der Waals surface area contributed by atoms with Crippen molar-refractivity contribution in [1.29, 1.82) is 0 Å². The second-order valence-corrected chi connectivity index (χ2v) is 3.92. The second-order valence-electron chi connectivity index (χ2n) is 3.92. The fraction of sp³-hybridized carbons (Fsp3) is 0.600. The number of carbonyl (C=O) groups is 1. The predicted octanol–water partition coefficient (Wildman–Crippen LogP) is -0.0144. The van der Waals surface area contributed by atoms with Gasteiger partial charge < -0.3 is 9.84 Å². The summed E-state index contributed by atoms with van der Waals surface area (Å²) in [6.45, 7) is 0. The first kappa shape index (κ1) is 10.2. The van der Waals surface area contributed by atoms with Crippen LogP contribution in [0.3, 0.4) is 0 Å². The first-order valence-electron chi connectivity index (χ1n) is 4.86. The monoisotopic (exact) mass is 210 g/mol. The Balaban J connectivity index is 2.28. The molecule has 1 saturated carbocycles. The van der Waals surface area contributed by atoms with Gasteiger partial charge in [-0.15, -0.1) is 0 Å². The molecule has 1 unspecified atom stereocenters. The zero-order valence-electron chi connectivity index (χ0n) is 8.80. The van der Waals surface area contributed by atoms with Gasteiger partial charge >= 0.3 is 5.97 Å². The maximum absolute atomic E-state index is 11.3. The number of esters is 1. The summed E-state index contributed by atoms with van der Waals surface area (Å²) in [5.74, 6) is -0.575. The molecule has 1 atom stereocenters. The highest BCUT2D eigenvalue weighted by Gasteiger charge is 2.55. The average Bonchev–Trinajstić information content (AvgIpc) is 2.94. The van der Waals surface area contributed by atoms with E-state index < -0.39 is 17.5 Å². The molecule has 15 heavy (non-hydrogen) atoms. The van der Waals surface area contributed by atoms with Crippen LogP contribution in [0.15, 0.2) is 12.3 Å². The number of nitrogens with zero attached hydrogens (tertiary/aromatic N) is 2. The number of carbonyl (C=O) groups excluding carboxylic acids is 1. The van der Waals surface area contributed by atoms with E-state index >= 15 is 0 Å². The van der Waals surface area contributed by atoms with Gasteiger partial charge in [0.2, 0.25) is 0 Å². The molecule has 5 nitrogen and oxygen atoms in total. The Morgan fingerprint density at radius 3 is 2.80 bits per heavy atom. The SMILES string of the molecule is COC(=O)C(O)C1(c2ccnn2C)CC1. The van der Waals surface area contributed by atoms with E-state index in [1.807, 2.05) is 6.07 Å². The van der Waals surface area contributed by atoms with Crippen LogP contribution in [-0.4, -0.2) is 34.1 Å². The highest BCUT2D eigenvalue weighted by atomic mass is 16.5. The maximum atomic E-state index is 11.3. The molecule has 1 aromatic heterocycles. The normalized spacial score (nSPS) is 19.7. The Morgan fingerprint density at radius 2 is 2.40 bits per heavy atom. The molecule has 0 spiro atoms. The molecule has 5 heteroatoms. The van der Waals surface area contributed by atoms with Crippen molar-refractivity contribution in [3.05, 3.63) is 18.0 Å². The Labute approximate surface area is 87.7 Å². The quantitative estimate of drug-likeness (QED) is 0.712. The summed E-state index contributed by atoms with van der Waals surface area (Å²) in [5.41, 5.74) is 0.415. The highest BCUT2D eigenvalue weighted by molar-refractivity contribution is 5.77. The minimum atomic E-state index is -1.09. The fourth-order valence-electron chi connectivity index (χ4n) is 2.00. The largest absolute Gasteiger partial charge is 0.467 e. The molecule has 0 bridgehead atoms. The summed E-state index contributed by atoms with van der Waals surface area (Å²) in [4.78, 5) is 11.3. The topological polar surface area (TPSA) is 64.3 Å². The van der Waals surface area contributed by atoms with Crippen molar-refractivity contribution >= 4 is 5.97 Å². The van der Waals surface area contributed by atoms with Gasteiger partial charge in [-0.2, -0.15) is 5.10 Å². The standard InChI is InChI=1S/C10H14N2O3/c1-12-7(3-6-11-12)10(4-5-10)8(13)9(14)15-2/h3,6,8,13H,4-5H2,1-2H3. The number of hydrogen-bond donors (Lipinski definition) is 1. The minimum absolute atomic E-state index is 0.474. The number of ether oxygens (including phenoxy) is 1. The van der Waals surface area contributed by atoms with Crippen molar-refractivity contribution in [3.8, 4) is 0 Å². The molecule has 1 aliphatic carbocycles. The van der Waals surface area contributed by atoms with Crippen LogP contribution in [0.5, 0.6) is 0 Å². The van der Waals surface area contributed by atoms with Gasteiger partial charge in [-0.05, 0) is 18.9 Å². The number of aliphatic hydroxyl groups is 1. The van der Waals surface area contributed by atoms with E-state index in [9.17, 15) is 9.90 Å². The summed E-state index contributed by atoms with van der Waals surface area (Å²) in [6.07, 6.45) is 2.17. The van der Waals surface area contributed by atoms with Crippen LogP contribution in [0, 0.1) is 0 Å². The molecule has 0 aromatic carbocycles. The van der Waals surface area contributed by atoms with Crippen LogP contribution in [0.1, 0.15) is 18.5 Å². The number of aryl methyl sites for hydroxylation is 1. The zero-order valence-corrected chi connectivity index (χ0v) is 8.80. The molecule has 1 aliphatic rings. The van der Waals surface area contributed by atoms with Crippen LogP contribution in [0.4, 0.5) is 0 Å². The van der Waals surface area contributed by atoms with Crippen molar-refractivity contribution in [2.24, 2.45) is 7.05 Å². The lowest BCUT2D eigenvalue weighted by molar-refractivity contribution is -0.152. The van der Waals surface area contributed by atoms with E-state index in [1.165, 1.54) is 7.11 Å². The van der Waals surface area contributed by atoms with Gasteiger partial charge in [0.25, 0.3) is 0 Å². The van der Waals surface area contributed by atoms with Gasteiger partial charge in [0.15, 0.2) is 6.10 Å². The number of aromatic nitrogens is 2. The summed E-state index contributed by atoms with van der Waals surface area (Å²) in [7, 11) is 3.09. The molecule has 82 valence electrons. The van der Waals surface area contributed by atoms with Gasteiger partial charge in [0.05, 0.1) is 7.11 Å². The Bertz CT molecular complexity index is 382. The van der Waals surface area contributed by atoms with Gasteiger partial charge in [-0.1, -0.05) is 0 Å². The van der Waals surface area contributed by atoms with Crippen molar-refractivity contribution in [1.82, 2.24) is 9.78 Å². The first-order valence-corrected chi connectivity index (χ1v) is 4.86. The van der Waals surface area contributed by atoms with Crippen LogP contribution >= 0.6 is 0 Å². The minimum Gasteiger partial charge on any atom is -0.467 e. The van der Waals surface area contributed by atoms with Crippen LogP contribution in [0.25, 0.3) is 0 Å². The molecule has 0 saturated heterocycles. The van der Waals surface area contributed by atoms with E-state index in [-0.39, 0.29) is 0 Å². The zero-order chi connectivity index (χ0) is 11.1. The van der Waals surface area contributed by atoms with E-state index in [0.29, 0.717) is 0 Å². The van der Waals surface area contributed by atoms with Crippen molar-refractivity contribution < 1.29 is 14.6 Å². The third kappa shape index (κ3) is 1.43. The summed E-state index contributed by atoms with van der Waals surface area (Å²) in [5, 5.41) is 13.9. The predicted molar refractivity (Wildman–Crippen MR) is 52.1 cm³/mol. The number of rotatable bonds is 3. The van der Waals surface area contributed by atoms with E-state index in [1.54, 1.807) is 17.9 Å². The third-order valence-corrected chi connectivity index (χ3v) is 3.07. The first-order chi connectivity index (χ1) is 7.12. The highest BCUT2D eigenvalue weighted by Crippen LogP contribution is 2.50. The lowest BCUT2D eigenvalue weighted by Gasteiger charge is -2.20. The van der Waals surface area contributed by atoms with Gasteiger partial charge in [-0.25, -0.2) is 4.79 Å². The molecule has 0 aliphatic heterocycles. The Morgan fingerprint density at radius 1 is 1.73 bits per heavy atom. The Hall–Kier alpha value is -1.36. The smallest absolute Gasteiger partial charge is 0.335 e. The number of hydrogen-bond acceptors (Lipinski definition) is 4. The van der Waals surface area contributed by atoms with E-state index in [4.69, 9.17) is 0 Å². The van der Waals surface area contributed by atoms with Crippen molar-refractivity contribution in [2.45, 2.75) is 24.4 Å². The molecule has 1 fully saturated rings. The van der Waals surface area contributed by atoms with Crippen molar-refractivity contribution in [2.75, 3.05) is 7.11 Å². The molecule has 1 N–H and O–H groups in total. The third-order valence-electron chi connectivity index (χ3n) is 3.07. The summed E-state index contributed by atoms with van der Waals surface area (Å²) in [6, 6.07) is 1.83. The van der Waals surface area contributed by atoms with Crippen LogP contribution in [0.2, 0.25) is 0 Å². The van der Waals surface area contributed by atoms with Crippen molar-refractivity contribution in [3.63, 3.8) is 0 Å². The maximum Gasteiger partial charge on any atom is 0.335 e. The lowest BCUT2D eigenvalue weighted by Crippen LogP contribution is -2.36. The number of aliphatic hydroxyl groups excluding tert-OH is 1. The Kier molecular flexibility index (Phi) is 2.26. The van der Waals surface area contributed by atoms with E-state index in [2.05, 4.69) is 9.84 Å². The molecular weight excluding hydrogens is 196 g/mol. The lowest BCUT2D eigenvalue weighted by atomic mass is 9.95. The van der Waals surface area contributed by atoms with Gasteiger partial charge in [-0.3, -0.25) is 4.68 Å².